The second kappa shape index (κ2) is 7.80. The summed E-state index contributed by atoms with van der Waals surface area (Å²) in [4.78, 5) is 23.1. The minimum atomic E-state index is -0.475. The standard InChI is InChI=1S/C19H14N4O3/c24-18(15-7-3-1-4-8-15)19(22-13-5-2-6-14-22)21-20-16-9-11-17(12-10-16)23(25)26/h1-14H/p+1. The third-order valence-electron chi connectivity index (χ3n) is 3.57. The van der Waals surface area contributed by atoms with Crippen LogP contribution in [0.25, 0.3) is 0 Å². The van der Waals surface area contributed by atoms with Crippen LogP contribution < -0.4 is 9.99 Å². The summed E-state index contributed by atoms with van der Waals surface area (Å²) in [6.07, 6.45) is 3.44. The van der Waals surface area contributed by atoms with Gasteiger partial charge >= 0.3 is 5.84 Å². The molecule has 0 aliphatic rings. The average Bonchev–Trinajstić information content (AvgIpc) is 2.70. The van der Waals surface area contributed by atoms with E-state index in [1.165, 1.54) is 24.3 Å². The molecule has 7 nitrogen and oxygen atoms in total. The molecule has 128 valence electrons. The van der Waals surface area contributed by atoms with Crippen LogP contribution in [0.2, 0.25) is 0 Å². The number of hydrogen-bond acceptors (Lipinski definition) is 5. The fourth-order valence-corrected chi connectivity index (χ4v) is 2.26. The van der Waals surface area contributed by atoms with Gasteiger partial charge in [-0.3, -0.25) is 14.9 Å². The first kappa shape index (κ1) is 17.0. The van der Waals surface area contributed by atoms with E-state index in [2.05, 4.69) is 10.5 Å². The van der Waals surface area contributed by atoms with Crippen LogP contribution in [0.15, 0.2) is 90.3 Å². The monoisotopic (exact) mass is 347 g/mol. The van der Waals surface area contributed by atoms with Gasteiger partial charge in [-0.1, -0.05) is 36.4 Å². The smallest absolute Gasteiger partial charge is 0.280 e. The molecule has 3 rings (SSSR count). The van der Waals surface area contributed by atoms with Gasteiger partial charge < -0.3 is 0 Å². The summed E-state index contributed by atoms with van der Waals surface area (Å²) in [5.41, 5.74) is 3.81. The van der Waals surface area contributed by atoms with Crippen LogP contribution in [0.5, 0.6) is 0 Å². The molecule has 1 N–H and O–H groups in total. The number of carbonyl (C=O) groups excluding carboxylic acids is 1. The Morgan fingerprint density at radius 1 is 0.923 bits per heavy atom. The van der Waals surface area contributed by atoms with Crippen molar-refractivity contribution in [2.75, 3.05) is 5.43 Å². The zero-order valence-corrected chi connectivity index (χ0v) is 13.6. The zero-order valence-electron chi connectivity index (χ0n) is 13.6. The number of non-ortho nitro benzene ring substituents is 1. The Labute approximate surface area is 149 Å². The largest absolute Gasteiger partial charge is 0.400 e. The fraction of sp³-hybridized carbons (Fsp3) is 0. The van der Waals surface area contributed by atoms with Gasteiger partial charge in [0.1, 0.15) is 0 Å². The normalized spacial score (nSPS) is 11.0. The predicted octanol–water partition coefficient (Wildman–Crippen LogP) is 3.04. The highest BCUT2D eigenvalue weighted by Crippen LogP contribution is 2.15. The molecule has 0 amide bonds. The van der Waals surface area contributed by atoms with Crippen LogP contribution in [-0.4, -0.2) is 16.5 Å². The van der Waals surface area contributed by atoms with Gasteiger partial charge in [0.05, 0.1) is 28.1 Å². The third kappa shape index (κ3) is 3.96. The van der Waals surface area contributed by atoms with E-state index in [4.69, 9.17) is 0 Å². The first-order valence-electron chi connectivity index (χ1n) is 7.80. The lowest BCUT2D eigenvalue weighted by Gasteiger charge is -2.01. The van der Waals surface area contributed by atoms with Crippen LogP contribution in [0, 0.1) is 10.1 Å². The van der Waals surface area contributed by atoms with Crippen molar-refractivity contribution in [3.8, 4) is 0 Å². The van der Waals surface area contributed by atoms with Crippen molar-refractivity contribution >= 4 is 23.0 Å². The van der Waals surface area contributed by atoms with E-state index in [9.17, 15) is 14.9 Å². The Bertz CT molecular complexity index is 940. The number of carbonyl (C=O) groups is 1. The van der Waals surface area contributed by atoms with E-state index in [1.807, 2.05) is 12.1 Å². The highest BCUT2D eigenvalue weighted by Gasteiger charge is 2.24. The summed E-state index contributed by atoms with van der Waals surface area (Å²) in [6, 6.07) is 20.0. The van der Waals surface area contributed by atoms with E-state index in [1.54, 1.807) is 53.4 Å². The number of nitro groups is 1. The highest BCUT2D eigenvalue weighted by molar-refractivity contribution is 6.41. The molecule has 26 heavy (non-hydrogen) atoms. The summed E-state index contributed by atoms with van der Waals surface area (Å²) in [7, 11) is 0. The van der Waals surface area contributed by atoms with Gasteiger partial charge in [0, 0.05) is 17.7 Å². The van der Waals surface area contributed by atoms with Gasteiger partial charge in [-0.05, 0) is 24.3 Å². The summed E-state index contributed by atoms with van der Waals surface area (Å²) in [6.45, 7) is 0. The molecule has 0 atom stereocenters. The number of aromatic nitrogens is 1. The number of hydrogen-bond donors (Lipinski definition) is 1. The summed E-state index contributed by atoms with van der Waals surface area (Å²) in [5, 5.41) is 14.9. The molecule has 1 aromatic heterocycles. The summed E-state index contributed by atoms with van der Waals surface area (Å²) < 4.78 is 1.60. The quantitative estimate of drug-likeness (QED) is 0.192. The number of Topliss-reactive ketones (excluding diaryl/α,β-unsaturated/α-hetero) is 1. The van der Waals surface area contributed by atoms with Crippen LogP contribution in [-0.2, 0) is 0 Å². The number of pyridine rings is 1. The van der Waals surface area contributed by atoms with Crippen LogP contribution >= 0.6 is 0 Å². The molecule has 0 aliphatic carbocycles. The van der Waals surface area contributed by atoms with Crippen molar-refractivity contribution in [2.24, 2.45) is 5.10 Å². The SMILES string of the molecule is O=C(/C(=N\Nc1ccc([N+](=O)[O-])cc1)[n+]1ccccc1)c1ccccc1. The van der Waals surface area contributed by atoms with E-state index in [0.29, 0.717) is 11.3 Å². The van der Waals surface area contributed by atoms with Crippen LogP contribution in [0.1, 0.15) is 10.4 Å². The number of anilines is 1. The second-order valence-corrected chi connectivity index (χ2v) is 5.33. The molecule has 0 saturated carbocycles. The number of nitrogens with zero attached hydrogens (tertiary/aromatic N) is 3. The van der Waals surface area contributed by atoms with Crippen molar-refractivity contribution < 1.29 is 14.3 Å². The molecule has 0 saturated heterocycles. The van der Waals surface area contributed by atoms with Gasteiger partial charge in [0.2, 0.25) is 0 Å². The first-order valence-corrected chi connectivity index (χ1v) is 7.80. The maximum atomic E-state index is 12.8. The van der Waals surface area contributed by atoms with Gasteiger partial charge in [-0.2, -0.15) is 9.99 Å². The second-order valence-electron chi connectivity index (χ2n) is 5.33. The third-order valence-corrected chi connectivity index (χ3v) is 3.57. The van der Waals surface area contributed by atoms with Gasteiger partial charge in [-0.25, -0.2) is 0 Å². The van der Waals surface area contributed by atoms with Crippen molar-refractivity contribution in [3.05, 3.63) is 101 Å². The number of rotatable bonds is 5. The molecule has 0 radical (unpaired) electrons. The predicted molar refractivity (Wildman–Crippen MR) is 97.0 cm³/mol. The molecule has 3 aromatic rings. The molecule has 0 unspecified atom stereocenters. The van der Waals surface area contributed by atoms with E-state index in [0.717, 1.165) is 0 Å². The van der Waals surface area contributed by atoms with Gasteiger partial charge in [0.25, 0.3) is 11.5 Å². The minimum Gasteiger partial charge on any atom is -0.280 e. The number of nitro benzene ring substituents is 1. The summed E-state index contributed by atoms with van der Waals surface area (Å²) in [5.74, 6) is -0.0774. The maximum Gasteiger partial charge on any atom is 0.400 e. The lowest BCUT2D eigenvalue weighted by Crippen LogP contribution is -2.47. The Kier molecular flexibility index (Phi) is 5.09. The molecule has 0 fully saturated rings. The van der Waals surface area contributed by atoms with Crippen LogP contribution in [0.4, 0.5) is 11.4 Å². The van der Waals surface area contributed by atoms with Crippen molar-refractivity contribution in [1.29, 1.82) is 0 Å². The Balaban J connectivity index is 1.91. The Morgan fingerprint density at radius 2 is 1.54 bits per heavy atom. The maximum absolute atomic E-state index is 12.8. The van der Waals surface area contributed by atoms with Crippen molar-refractivity contribution in [1.82, 2.24) is 0 Å². The Morgan fingerprint density at radius 3 is 2.15 bits per heavy atom. The Hall–Kier alpha value is -3.87. The molecule has 7 heteroatoms. The topological polar surface area (TPSA) is 88.5 Å². The van der Waals surface area contributed by atoms with Gasteiger partial charge in [-0.15, -0.1) is 0 Å². The molecule has 0 aliphatic heterocycles. The van der Waals surface area contributed by atoms with Crippen molar-refractivity contribution in [3.63, 3.8) is 0 Å². The van der Waals surface area contributed by atoms with E-state index >= 15 is 0 Å². The number of benzene rings is 2. The highest BCUT2D eigenvalue weighted by atomic mass is 16.6. The molecule has 1 heterocycles. The lowest BCUT2D eigenvalue weighted by atomic mass is 10.1. The molecule has 0 bridgehead atoms. The summed E-state index contributed by atoms with van der Waals surface area (Å²) >= 11 is 0. The first-order chi connectivity index (χ1) is 12.6. The van der Waals surface area contributed by atoms with E-state index in [-0.39, 0.29) is 17.3 Å². The molecule has 2 aromatic carbocycles. The number of ketones is 1. The average molecular weight is 347 g/mol. The fourth-order valence-electron chi connectivity index (χ4n) is 2.26. The zero-order chi connectivity index (χ0) is 18.4. The van der Waals surface area contributed by atoms with Gasteiger partial charge in [0.15, 0.2) is 0 Å². The molecule has 0 spiro atoms. The molecular weight excluding hydrogens is 332 g/mol. The van der Waals surface area contributed by atoms with E-state index < -0.39 is 4.92 Å². The number of hydrazone groups is 1. The van der Waals surface area contributed by atoms with Crippen molar-refractivity contribution in [2.45, 2.75) is 0 Å². The molecular formula is C19H15N4O3+. The van der Waals surface area contributed by atoms with Crippen LogP contribution in [0.3, 0.4) is 0 Å². The number of nitrogens with one attached hydrogen (secondary N) is 1. The minimum absolute atomic E-state index is 0.0162. The lowest BCUT2D eigenvalue weighted by molar-refractivity contribution is -0.552.